The van der Waals surface area contributed by atoms with Crippen molar-refractivity contribution in [3.8, 4) is 0 Å². The molecule has 0 saturated carbocycles. The summed E-state index contributed by atoms with van der Waals surface area (Å²) in [4.78, 5) is 24.6. The number of anilines is 1. The molecule has 3 aromatic rings. The molecule has 0 atom stereocenters. The molecule has 2 aromatic carbocycles. The number of hydrogen-bond acceptors (Lipinski definition) is 4. The third-order valence-corrected chi connectivity index (χ3v) is 3.88. The van der Waals surface area contributed by atoms with Gasteiger partial charge < -0.3 is 10.1 Å². The van der Waals surface area contributed by atoms with Gasteiger partial charge in [-0.2, -0.15) is 5.10 Å². The molecule has 28 heavy (non-hydrogen) atoms. The van der Waals surface area contributed by atoms with Crippen molar-refractivity contribution >= 4 is 17.7 Å². The Morgan fingerprint density at radius 3 is 2.43 bits per heavy atom. The van der Waals surface area contributed by atoms with Crippen LogP contribution in [0.2, 0.25) is 0 Å². The van der Waals surface area contributed by atoms with Gasteiger partial charge in [0, 0.05) is 11.6 Å². The zero-order valence-corrected chi connectivity index (χ0v) is 16.2. The largest absolute Gasteiger partial charge is 0.455 e. The highest BCUT2D eigenvalue weighted by molar-refractivity contribution is 6.04. The summed E-state index contributed by atoms with van der Waals surface area (Å²) >= 11 is 0. The molecule has 0 spiro atoms. The molecule has 144 valence electrons. The van der Waals surface area contributed by atoms with Crippen molar-refractivity contribution in [2.45, 2.75) is 32.8 Å². The Balaban J connectivity index is 1.67. The van der Waals surface area contributed by atoms with E-state index >= 15 is 0 Å². The van der Waals surface area contributed by atoms with Crippen LogP contribution in [0.25, 0.3) is 0 Å². The lowest BCUT2D eigenvalue weighted by Crippen LogP contribution is -2.24. The molecular formula is C22H23N3O3. The summed E-state index contributed by atoms with van der Waals surface area (Å²) in [5, 5.41) is 9.25. The molecule has 3 rings (SSSR count). The molecule has 0 unspecified atom stereocenters. The Morgan fingerprint density at radius 1 is 1.00 bits per heavy atom. The van der Waals surface area contributed by atoms with Crippen LogP contribution in [0.1, 0.15) is 52.7 Å². The van der Waals surface area contributed by atoms with E-state index in [0.29, 0.717) is 5.56 Å². The van der Waals surface area contributed by atoms with Crippen molar-refractivity contribution in [1.82, 2.24) is 10.2 Å². The molecule has 0 aliphatic heterocycles. The van der Waals surface area contributed by atoms with Gasteiger partial charge in [-0.05, 0) is 50.5 Å². The lowest BCUT2D eigenvalue weighted by Gasteiger charge is -2.18. The van der Waals surface area contributed by atoms with Crippen LogP contribution in [0.15, 0.2) is 60.7 Å². The molecule has 0 aliphatic rings. The molecule has 0 radical (unpaired) electrons. The first-order valence-corrected chi connectivity index (χ1v) is 9.03. The van der Waals surface area contributed by atoms with Crippen molar-refractivity contribution in [2.75, 3.05) is 5.32 Å². The van der Waals surface area contributed by atoms with E-state index in [-0.39, 0.29) is 17.4 Å². The molecule has 0 saturated heterocycles. The van der Waals surface area contributed by atoms with Crippen molar-refractivity contribution in [3.05, 3.63) is 83.0 Å². The summed E-state index contributed by atoms with van der Waals surface area (Å²) in [7, 11) is 0. The van der Waals surface area contributed by atoms with E-state index in [4.69, 9.17) is 4.74 Å². The number of aromatic nitrogens is 2. The summed E-state index contributed by atoms with van der Waals surface area (Å²) < 4.78 is 5.28. The summed E-state index contributed by atoms with van der Waals surface area (Å²) in [5.41, 5.74) is 2.31. The highest BCUT2D eigenvalue weighted by Crippen LogP contribution is 2.15. The Bertz CT molecular complexity index is 972. The predicted molar refractivity (Wildman–Crippen MR) is 107 cm³/mol. The van der Waals surface area contributed by atoms with Gasteiger partial charge in [-0.3, -0.25) is 9.89 Å². The molecule has 6 heteroatoms. The Kier molecular flexibility index (Phi) is 5.59. The maximum Gasteiger partial charge on any atom is 0.356 e. The van der Waals surface area contributed by atoms with Gasteiger partial charge in [-0.1, -0.05) is 42.5 Å². The number of H-pyrrole nitrogens is 1. The number of aromatic amines is 1. The molecule has 1 heterocycles. The van der Waals surface area contributed by atoms with Gasteiger partial charge in [0.1, 0.15) is 11.3 Å². The fraction of sp³-hybridized carbons (Fsp3) is 0.227. The first-order chi connectivity index (χ1) is 13.3. The van der Waals surface area contributed by atoms with E-state index in [0.717, 1.165) is 12.0 Å². The molecule has 1 amide bonds. The van der Waals surface area contributed by atoms with E-state index < -0.39 is 11.6 Å². The van der Waals surface area contributed by atoms with Crippen molar-refractivity contribution in [1.29, 1.82) is 0 Å². The van der Waals surface area contributed by atoms with Crippen LogP contribution in [-0.4, -0.2) is 27.7 Å². The smallest absolute Gasteiger partial charge is 0.356 e. The summed E-state index contributed by atoms with van der Waals surface area (Å²) in [6.45, 7) is 5.35. The third-order valence-electron chi connectivity index (χ3n) is 3.88. The van der Waals surface area contributed by atoms with Gasteiger partial charge in [0.2, 0.25) is 0 Å². The quantitative estimate of drug-likeness (QED) is 0.653. The predicted octanol–water partition coefficient (Wildman–Crippen LogP) is 4.21. The number of amides is 1. The van der Waals surface area contributed by atoms with Gasteiger partial charge in [0.05, 0.1) is 0 Å². The lowest BCUT2D eigenvalue weighted by atomic mass is 10.0. The average Bonchev–Trinajstić information content (AvgIpc) is 3.10. The van der Waals surface area contributed by atoms with Gasteiger partial charge in [-0.25, -0.2) is 4.79 Å². The van der Waals surface area contributed by atoms with Gasteiger partial charge in [0.25, 0.3) is 5.91 Å². The number of nitrogens with zero attached hydrogens (tertiary/aromatic N) is 1. The SMILES string of the molecule is CC(C)(C)OC(=O)c1cc(NC(=O)c2cccc(Cc3ccccc3)c2)n[nH]1. The Labute approximate surface area is 163 Å². The number of ether oxygens (including phenoxy) is 1. The summed E-state index contributed by atoms with van der Waals surface area (Å²) in [6.07, 6.45) is 0.743. The van der Waals surface area contributed by atoms with Crippen LogP contribution in [0, 0.1) is 0 Å². The molecule has 6 nitrogen and oxygen atoms in total. The lowest BCUT2D eigenvalue weighted by molar-refractivity contribution is 0.00627. The number of hydrogen-bond donors (Lipinski definition) is 2. The number of nitrogens with one attached hydrogen (secondary N) is 2. The number of carbonyl (C=O) groups is 2. The Hall–Kier alpha value is -3.41. The molecule has 1 aromatic heterocycles. The van der Waals surface area contributed by atoms with E-state index in [2.05, 4.69) is 27.6 Å². The van der Waals surface area contributed by atoms with Crippen molar-refractivity contribution < 1.29 is 14.3 Å². The average molecular weight is 377 g/mol. The number of esters is 1. The highest BCUT2D eigenvalue weighted by Gasteiger charge is 2.20. The van der Waals surface area contributed by atoms with Crippen LogP contribution < -0.4 is 5.32 Å². The van der Waals surface area contributed by atoms with Crippen molar-refractivity contribution in [3.63, 3.8) is 0 Å². The zero-order chi connectivity index (χ0) is 20.1. The van der Waals surface area contributed by atoms with E-state index in [1.54, 1.807) is 26.8 Å². The standard InChI is InChI=1S/C22H23N3O3/c1-22(2,3)28-21(27)18-14-19(25-24-18)23-20(26)17-11-7-10-16(13-17)12-15-8-5-4-6-9-15/h4-11,13-14H,12H2,1-3H3,(H2,23,24,25,26). The van der Waals surface area contributed by atoms with Crippen molar-refractivity contribution in [2.24, 2.45) is 0 Å². The topological polar surface area (TPSA) is 84.1 Å². The number of benzene rings is 2. The highest BCUT2D eigenvalue weighted by atomic mass is 16.6. The maximum absolute atomic E-state index is 12.5. The fourth-order valence-corrected chi connectivity index (χ4v) is 2.67. The van der Waals surface area contributed by atoms with E-state index in [1.165, 1.54) is 11.6 Å². The van der Waals surface area contributed by atoms with Crippen LogP contribution in [0.3, 0.4) is 0 Å². The second-order valence-electron chi connectivity index (χ2n) is 7.49. The molecule has 0 aliphatic carbocycles. The van der Waals surface area contributed by atoms with Gasteiger partial charge >= 0.3 is 5.97 Å². The molecule has 0 bridgehead atoms. The maximum atomic E-state index is 12.5. The van der Waals surface area contributed by atoms with E-state index in [9.17, 15) is 9.59 Å². The first-order valence-electron chi connectivity index (χ1n) is 9.03. The van der Waals surface area contributed by atoms with Crippen LogP contribution in [0.5, 0.6) is 0 Å². The normalized spacial score (nSPS) is 11.1. The molecular weight excluding hydrogens is 354 g/mol. The van der Waals surface area contributed by atoms with E-state index in [1.807, 2.05) is 36.4 Å². The van der Waals surface area contributed by atoms with Crippen LogP contribution in [-0.2, 0) is 11.2 Å². The minimum atomic E-state index is -0.606. The zero-order valence-electron chi connectivity index (χ0n) is 16.2. The number of rotatable bonds is 5. The van der Waals surface area contributed by atoms with Crippen LogP contribution in [0.4, 0.5) is 5.82 Å². The third kappa shape index (κ3) is 5.30. The fourth-order valence-electron chi connectivity index (χ4n) is 2.67. The van der Waals surface area contributed by atoms with Gasteiger partial charge in [0.15, 0.2) is 5.82 Å². The first kappa shape index (κ1) is 19.4. The summed E-state index contributed by atoms with van der Waals surface area (Å²) in [6, 6.07) is 18.9. The number of carbonyl (C=O) groups excluding carboxylic acids is 2. The second-order valence-corrected chi connectivity index (χ2v) is 7.49. The minimum Gasteiger partial charge on any atom is -0.455 e. The minimum absolute atomic E-state index is 0.183. The second kappa shape index (κ2) is 8.08. The van der Waals surface area contributed by atoms with Gasteiger partial charge in [-0.15, -0.1) is 0 Å². The molecule has 0 fully saturated rings. The molecule has 2 N–H and O–H groups in total. The summed E-state index contributed by atoms with van der Waals surface area (Å²) in [5.74, 6) is -0.554. The Morgan fingerprint density at radius 2 is 1.71 bits per heavy atom. The van der Waals surface area contributed by atoms with Crippen LogP contribution >= 0.6 is 0 Å². The monoisotopic (exact) mass is 377 g/mol.